The van der Waals surface area contributed by atoms with Gasteiger partial charge in [-0.3, -0.25) is 0 Å². The van der Waals surface area contributed by atoms with Crippen LogP contribution in [0.1, 0.15) is 12.8 Å². The summed E-state index contributed by atoms with van der Waals surface area (Å²) in [6, 6.07) is 0. The maximum absolute atomic E-state index is 5.30. The lowest BCUT2D eigenvalue weighted by Gasteiger charge is -1.94. The van der Waals surface area contributed by atoms with E-state index in [9.17, 15) is 0 Å². The molecule has 40 valence electrons. The van der Waals surface area contributed by atoms with Gasteiger partial charge in [-0.25, -0.2) is 0 Å². The molecule has 1 saturated carbocycles. The standard InChI is InChI=1S/C5H11BO/c6-3-4-7-5-1-2-5/h5H,1-4,6H2. The van der Waals surface area contributed by atoms with Crippen LogP contribution in [0.3, 0.4) is 0 Å². The van der Waals surface area contributed by atoms with Crippen molar-refractivity contribution in [1.82, 2.24) is 0 Å². The first-order valence-electron chi connectivity index (χ1n) is 3.05. The second-order valence-electron chi connectivity index (χ2n) is 2.07. The van der Waals surface area contributed by atoms with E-state index in [1.807, 2.05) is 0 Å². The van der Waals surface area contributed by atoms with Gasteiger partial charge in [-0.15, -0.1) is 0 Å². The van der Waals surface area contributed by atoms with Gasteiger partial charge in [-0.1, -0.05) is 6.32 Å². The predicted molar refractivity (Wildman–Crippen MR) is 32.3 cm³/mol. The topological polar surface area (TPSA) is 9.23 Å². The van der Waals surface area contributed by atoms with E-state index in [1.165, 1.54) is 12.8 Å². The largest absolute Gasteiger partial charge is 0.379 e. The molecule has 1 aliphatic rings. The van der Waals surface area contributed by atoms with Crippen LogP contribution in [0.2, 0.25) is 6.32 Å². The summed E-state index contributed by atoms with van der Waals surface area (Å²) in [6.07, 6.45) is 4.43. The van der Waals surface area contributed by atoms with Crippen LogP contribution in [0.5, 0.6) is 0 Å². The third-order valence-electron chi connectivity index (χ3n) is 1.08. The first-order chi connectivity index (χ1) is 3.43. The minimum absolute atomic E-state index is 0.653. The molecule has 0 amide bonds. The van der Waals surface area contributed by atoms with Crippen LogP contribution in [0.15, 0.2) is 0 Å². The van der Waals surface area contributed by atoms with Crippen molar-refractivity contribution in [3.8, 4) is 0 Å². The van der Waals surface area contributed by atoms with Gasteiger partial charge in [-0.05, 0) is 12.8 Å². The van der Waals surface area contributed by atoms with Crippen molar-refractivity contribution in [3.63, 3.8) is 0 Å². The number of hydrogen-bond donors (Lipinski definition) is 0. The highest BCUT2D eigenvalue weighted by Crippen LogP contribution is 2.23. The third kappa shape index (κ3) is 1.98. The molecule has 1 nitrogen and oxygen atoms in total. The number of hydrogen-bond acceptors (Lipinski definition) is 1. The lowest BCUT2D eigenvalue weighted by molar-refractivity contribution is 0.133. The molecule has 0 aromatic carbocycles. The van der Waals surface area contributed by atoms with E-state index in [4.69, 9.17) is 4.74 Å². The van der Waals surface area contributed by atoms with Gasteiger partial charge in [0.1, 0.15) is 7.85 Å². The SMILES string of the molecule is BCCOC1CC1. The molecule has 0 radical (unpaired) electrons. The summed E-state index contributed by atoms with van der Waals surface area (Å²) in [6.45, 7) is 0.963. The van der Waals surface area contributed by atoms with Crippen LogP contribution in [0.25, 0.3) is 0 Å². The van der Waals surface area contributed by atoms with Crippen molar-refractivity contribution < 1.29 is 4.74 Å². The summed E-state index contributed by atoms with van der Waals surface area (Å²) in [5.74, 6) is 0. The molecule has 0 bridgehead atoms. The average Bonchev–Trinajstić information content (AvgIpc) is 2.42. The molecule has 0 saturated heterocycles. The first kappa shape index (κ1) is 5.17. The van der Waals surface area contributed by atoms with Crippen molar-refractivity contribution >= 4 is 7.85 Å². The van der Waals surface area contributed by atoms with Gasteiger partial charge in [0.15, 0.2) is 0 Å². The molecule has 2 heteroatoms. The van der Waals surface area contributed by atoms with Crippen molar-refractivity contribution in [2.45, 2.75) is 25.3 Å². The first-order valence-corrected chi connectivity index (χ1v) is 3.05. The molecule has 0 atom stereocenters. The minimum Gasteiger partial charge on any atom is -0.379 e. The zero-order chi connectivity index (χ0) is 5.11. The van der Waals surface area contributed by atoms with E-state index in [0.29, 0.717) is 6.10 Å². The zero-order valence-corrected chi connectivity index (χ0v) is 4.81. The molecular formula is C5H11BO. The molecule has 0 spiro atoms. The number of rotatable bonds is 3. The summed E-state index contributed by atoms with van der Waals surface area (Å²) < 4.78 is 5.30. The monoisotopic (exact) mass is 98.1 g/mol. The highest BCUT2D eigenvalue weighted by molar-refractivity contribution is 6.08. The normalized spacial score (nSPS) is 20.0. The smallest absolute Gasteiger partial charge is 0.104 e. The zero-order valence-electron chi connectivity index (χ0n) is 4.81. The lowest BCUT2D eigenvalue weighted by Crippen LogP contribution is -1.93. The van der Waals surface area contributed by atoms with Gasteiger partial charge >= 0.3 is 0 Å². The molecule has 1 fully saturated rings. The van der Waals surface area contributed by atoms with Gasteiger partial charge in [0.2, 0.25) is 0 Å². The van der Waals surface area contributed by atoms with Crippen LogP contribution in [0, 0.1) is 0 Å². The van der Waals surface area contributed by atoms with Gasteiger partial charge < -0.3 is 4.74 Å². The Hall–Kier alpha value is 0.0249. The van der Waals surface area contributed by atoms with E-state index in [0.717, 1.165) is 12.9 Å². The summed E-state index contributed by atoms with van der Waals surface area (Å²) in [5.41, 5.74) is 0. The van der Waals surface area contributed by atoms with Gasteiger partial charge in [0.05, 0.1) is 6.10 Å². The van der Waals surface area contributed by atoms with E-state index < -0.39 is 0 Å². The van der Waals surface area contributed by atoms with Gasteiger partial charge in [-0.2, -0.15) is 0 Å². The minimum atomic E-state index is 0.653. The van der Waals surface area contributed by atoms with E-state index in [1.54, 1.807) is 0 Å². The molecule has 0 unspecified atom stereocenters. The fourth-order valence-corrected chi connectivity index (χ4v) is 0.519. The highest BCUT2D eigenvalue weighted by atomic mass is 16.5. The second kappa shape index (κ2) is 2.36. The Morgan fingerprint density at radius 1 is 1.57 bits per heavy atom. The fraction of sp³-hybridized carbons (Fsp3) is 1.00. The molecule has 0 aromatic rings. The molecule has 1 rings (SSSR count). The second-order valence-corrected chi connectivity index (χ2v) is 2.07. The maximum atomic E-state index is 5.30. The summed E-state index contributed by atoms with van der Waals surface area (Å²) in [4.78, 5) is 0. The molecular weight excluding hydrogens is 86.9 g/mol. The maximum Gasteiger partial charge on any atom is 0.104 e. The van der Waals surface area contributed by atoms with Crippen LogP contribution in [-0.4, -0.2) is 20.6 Å². The summed E-state index contributed by atoms with van der Waals surface area (Å²) >= 11 is 0. The molecule has 1 aliphatic carbocycles. The quantitative estimate of drug-likeness (QED) is 0.458. The van der Waals surface area contributed by atoms with Crippen molar-refractivity contribution in [2.24, 2.45) is 0 Å². The lowest BCUT2D eigenvalue weighted by atomic mass is 10.1. The Morgan fingerprint density at radius 2 is 2.29 bits per heavy atom. The molecule has 0 aromatic heterocycles. The van der Waals surface area contributed by atoms with Gasteiger partial charge in [0, 0.05) is 6.61 Å². The van der Waals surface area contributed by atoms with Crippen molar-refractivity contribution in [2.75, 3.05) is 6.61 Å². The average molecular weight is 98.0 g/mol. The summed E-state index contributed by atoms with van der Waals surface area (Å²) in [5, 5.41) is 0. The van der Waals surface area contributed by atoms with E-state index >= 15 is 0 Å². The van der Waals surface area contributed by atoms with E-state index in [-0.39, 0.29) is 0 Å². The van der Waals surface area contributed by atoms with Crippen LogP contribution >= 0.6 is 0 Å². The molecule has 7 heavy (non-hydrogen) atoms. The fourth-order valence-electron chi connectivity index (χ4n) is 0.519. The Balaban J connectivity index is 1.80. The highest BCUT2D eigenvalue weighted by Gasteiger charge is 2.20. The van der Waals surface area contributed by atoms with Crippen LogP contribution in [-0.2, 0) is 4.74 Å². The Labute approximate surface area is 45.5 Å². The van der Waals surface area contributed by atoms with Crippen molar-refractivity contribution in [3.05, 3.63) is 0 Å². The molecule has 0 heterocycles. The van der Waals surface area contributed by atoms with Crippen LogP contribution in [0.4, 0.5) is 0 Å². The predicted octanol–water partition coefficient (Wildman–Crippen LogP) is 0.217. The van der Waals surface area contributed by atoms with Crippen LogP contribution < -0.4 is 0 Å². The Morgan fingerprint density at radius 3 is 2.71 bits per heavy atom. The van der Waals surface area contributed by atoms with Gasteiger partial charge in [0.25, 0.3) is 0 Å². The van der Waals surface area contributed by atoms with Crippen molar-refractivity contribution in [1.29, 1.82) is 0 Å². The molecule has 0 N–H and O–H groups in total. The molecule has 0 aliphatic heterocycles. The summed E-state index contributed by atoms with van der Waals surface area (Å²) in [7, 11) is 2.14. The third-order valence-corrected chi connectivity index (χ3v) is 1.08. The number of ether oxygens (including phenoxy) is 1. The Kier molecular flexibility index (Phi) is 1.74. The van der Waals surface area contributed by atoms with E-state index in [2.05, 4.69) is 7.85 Å². The Bertz CT molecular complexity index is 52.0.